The second kappa shape index (κ2) is 7.95. The standard InChI is InChI=1S/C23H28N2O2/c1-5-17(4)18-6-8-20(9-7-18)24-23(27)19-13-22(26)25(14-19)21-11-15(2)10-16(3)12-21/h6-12,17,19H,5,13-14H2,1-4H3,(H,24,27). The van der Waals surface area contributed by atoms with Crippen molar-refractivity contribution in [2.75, 3.05) is 16.8 Å². The molecule has 0 aromatic heterocycles. The molecule has 0 saturated carbocycles. The van der Waals surface area contributed by atoms with Crippen molar-refractivity contribution in [3.05, 3.63) is 59.2 Å². The molecule has 1 fully saturated rings. The van der Waals surface area contributed by atoms with Gasteiger partial charge in [0.25, 0.3) is 0 Å². The van der Waals surface area contributed by atoms with E-state index in [2.05, 4.69) is 37.4 Å². The van der Waals surface area contributed by atoms with Crippen molar-refractivity contribution < 1.29 is 9.59 Å². The lowest BCUT2D eigenvalue weighted by Gasteiger charge is -2.18. The lowest BCUT2D eigenvalue weighted by atomic mass is 9.98. The topological polar surface area (TPSA) is 49.4 Å². The highest BCUT2D eigenvalue weighted by molar-refractivity contribution is 6.03. The minimum atomic E-state index is -0.326. The molecular formula is C23H28N2O2. The van der Waals surface area contributed by atoms with Crippen LogP contribution in [-0.2, 0) is 9.59 Å². The molecule has 0 spiro atoms. The zero-order valence-corrected chi connectivity index (χ0v) is 16.6. The van der Waals surface area contributed by atoms with Crippen molar-refractivity contribution in [3.63, 3.8) is 0 Å². The predicted molar refractivity (Wildman–Crippen MR) is 110 cm³/mol. The molecule has 0 aliphatic carbocycles. The van der Waals surface area contributed by atoms with Crippen LogP contribution in [0.5, 0.6) is 0 Å². The maximum absolute atomic E-state index is 12.7. The molecule has 2 aromatic rings. The molecule has 2 amide bonds. The maximum atomic E-state index is 12.7. The van der Waals surface area contributed by atoms with Crippen molar-refractivity contribution >= 4 is 23.2 Å². The summed E-state index contributed by atoms with van der Waals surface area (Å²) in [4.78, 5) is 26.9. The molecule has 4 nitrogen and oxygen atoms in total. The third-order valence-corrected chi connectivity index (χ3v) is 5.37. The fraction of sp³-hybridized carbons (Fsp3) is 0.391. The molecule has 1 N–H and O–H groups in total. The molecule has 3 rings (SSSR count). The lowest BCUT2D eigenvalue weighted by molar-refractivity contribution is -0.122. The Labute approximate surface area is 161 Å². The summed E-state index contributed by atoms with van der Waals surface area (Å²) in [7, 11) is 0. The summed E-state index contributed by atoms with van der Waals surface area (Å²) in [5.74, 6) is 0.0971. The molecule has 1 heterocycles. The van der Waals surface area contributed by atoms with E-state index in [1.807, 2.05) is 38.1 Å². The van der Waals surface area contributed by atoms with Crippen LogP contribution in [0.2, 0.25) is 0 Å². The van der Waals surface area contributed by atoms with Gasteiger partial charge in [0.15, 0.2) is 0 Å². The highest BCUT2D eigenvalue weighted by Gasteiger charge is 2.35. The van der Waals surface area contributed by atoms with Gasteiger partial charge in [0, 0.05) is 24.3 Å². The van der Waals surface area contributed by atoms with Gasteiger partial charge in [-0.1, -0.05) is 32.0 Å². The second-order valence-corrected chi connectivity index (χ2v) is 7.67. The average molecular weight is 364 g/mol. The first-order valence-corrected chi connectivity index (χ1v) is 9.67. The third kappa shape index (κ3) is 4.38. The van der Waals surface area contributed by atoms with Crippen molar-refractivity contribution in [2.45, 2.75) is 46.5 Å². The van der Waals surface area contributed by atoms with Crippen molar-refractivity contribution in [1.82, 2.24) is 0 Å². The Hall–Kier alpha value is -2.62. The van der Waals surface area contributed by atoms with Crippen LogP contribution >= 0.6 is 0 Å². The highest BCUT2D eigenvalue weighted by atomic mass is 16.2. The van der Waals surface area contributed by atoms with Gasteiger partial charge in [0.05, 0.1) is 5.92 Å². The van der Waals surface area contributed by atoms with Crippen molar-refractivity contribution in [3.8, 4) is 0 Å². The minimum Gasteiger partial charge on any atom is -0.326 e. The molecule has 1 aliphatic heterocycles. The summed E-state index contributed by atoms with van der Waals surface area (Å²) < 4.78 is 0. The monoisotopic (exact) mass is 364 g/mol. The summed E-state index contributed by atoms with van der Waals surface area (Å²) in [6.07, 6.45) is 1.34. The number of nitrogens with one attached hydrogen (secondary N) is 1. The van der Waals surface area contributed by atoms with Gasteiger partial charge in [0.2, 0.25) is 11.8 Å². The fourth-order valence-electron chi connectivity index (χ4n) is 3.61. The number of hydrogen-bond donors (Lipinski definition) is 1. The number of amides is 2. The Kier molecular flexibility index (Phi) is 5.64. The van der Waals surface area contributed by atoms with Crippen LogP contribution in [0.25, 0.3) is 0 Å². The van der Waals surface area contributed by atoms with E-state index >= 15 is 0 Å². The molecule has 27 heavy (non-hydrogen) atoms. The molecule has 0 radical (unpaired) electrons. The Morgan fingerprint density at radius 2 is 1.78 bits per heavy atom. The Morgan fingerprint density at radius 3 is 2.37 bits per heavy atom. The van der Waals surface area contributed by atoms with Gasteiger partial charge in [-0.15, -0.1) is 0 Å². The normalized spacial score (nSPS) is 17.9. The van der Waals surface area contributed by atoms with Crippen LogP contribution < -0.4 is 10.2 Å². The molecule has 1 saturated heterocycles. The van der Waals surface area contributed by atoms with E-state index in [1.54, 1.807) is 4.90 Å². The first-order chi connectivity index (χ1) is 12.9. The van der Waals surface area contributed by atoms with Crippen molar-refractivity contribution in [2.24, 2.45) is 5.92 Å². The molecule has 2 aromatic carbocycles. The Balaban J connectivity index is 1.67. The Morgan fingerprint density at radius 1 is 1.15 bits per heavy atom. The number of rotatable bonds is 5. The van der Waals surface area contributed by atoms with Gasteiger partial charge >= 0.3 is 0 Å². The van der Waals surface area contributed by atoms with Gasteiger partial charge < -0.3 is 10.2 Å². The number of nitrogens with zero attached hydrogens (tertiary/aromatic N) is 1. The number of carbonyl (C=O) groups is 2. The summed E-state index contributed by atoms with van der Waals surface area (Å²) in [6.45, 7) is 8.82. The van der Waals surface area contributed by atoms with E-state index in [-0.39, 0.29) is 24.2 Å². The summed E-state index contributed by atoms with van der Waals surface area (Å²) in [5, 5.41) is 2.97. The Bertz CT molecular complexity index is 822. The van der Waals surface area contributed by atoms with Gasteiger partial charge in [-0.05, 0) is 67.1 Å². The van der Waals surface area contributed by atoms with Gasteiger partial charge in [0.1, 0.15) is 0 Å². The minimum absolute atomic E-state index is 0.00673. The quantitative estimate of drug-likeness (QED) is 0.828. The van der Waals surface area contributed by atoms with Crippen LogP contribution in [0.4, 0.5) is 11.4 Å². The molecule has 2 atom stereocenters. The number of anilines is 2. The first-order valence-electron chi connectivity index (χ1n) is 9.67. The predicted octanol–water partition coefficient (Wildman–Crippen LogP) is 4.81. The van der Waals surface area contributed by atoms with Crippen LogP contribution in [0, 0.1) is 19.8 Å². The SMILES string of the molecule is CCC(C)c1ccc(NC(=O)C2CC(=O)N(c3cc(C)cc(C)c3)C2)cc1. The zero-order chi connectivity index (χ0) is 19.6. The van der Waals surface area contributed by atoms with E-state index in [4.69, 9.17) is 0 Å². The summed E-state index contributed by atoms with van der Waals surface area (Å²) in [5.41, 5.74) is 5.17. The van der Waals surface area contributed by atoms with E-state index in [0.29, 0.717) is 12.5 Å². The van der Waals surface area contributed by atoms with Crippen LogP contribution in [0.15, 0.2) is 42.5 Å². The summed E-state index contributed by atoms with van der Waals surface area (Å²) in [6, 6.07) is 14.1. The van der Waals surface area contributed by atoms with E-state index in [0.717, 1.165) is 28.9 Å². The number of benzene rings is 2. The first kappa shape index (κ1) is 19.2. The number of aryl methyl sites for hydroxylation is 2. The van der Waals surface area contributed by atoms with Crippen LogP contribution in [-0.4, -0.2) is 18.4 Å². The average Bonchev–Trinajstić information content (AvgIpc) is 3.03. The third-order valence-electron chi connectivity index (χ3n) is 5.37. The second-order valence-electron chi connectivity index (χ2n) is 7.67. The molecule has 4 heteroatoms. The number of carbonyl (C=O) groups excluding carboxylic acids is 2. The molecular weight excluding hydrogens is 336 g/mol. The van der Waals surface area contributed by atoms with Crippen LogP contribution in [0.3, 0.4) is 0 Å². The zero-order valence-electron chi connectivity index (χ0n) is 16.6. The van der Waals surface area contributed by atoms with E-state index in [9.17, 15) is 9.59 Å². The molecule has 2 unspecified atom stereocenters. The van der Waals surface area contributed by atoms with Crippen molar-refractivity contribution in [1.29, 1.82) is 0 Å². The smallest absolute Gasteiger partial charge is 0.229 e. The fourth-order valence-corrected chi connectivity index (χ4v) is 3.61. The van der Waals surface area contributed by atoms with Gasteiger partial charge in [-0.2, -0.15) is 0 Å². The lowest BCUT2D eigenvalue weighted by Crippen LogP contribution is -2.28. The highest BCUT2D eigenvalue weighted by Crippen LogP contribution is 2.28. The number of hydrogen-bond acceptors (Lipinski definition) is 2. The summed E-state index contributed by atoms with van der Waals surface area (Å²) >= 11 is 0. The van der Waals surface area contributed by atoms with E-state index in [1.165, 1.54) is 5.56 Å². The maximum Gasteiger partial charge on any atom is 0.229 e. The molecule has 1 aliphatic rings. The van der Waals surface area contributed by atoms with Gasteiger partial charge in [-0.3, -0.25) is 9.59 Å². The van der Waals surface area contributed by atoms with Crippen LogP contribution in [0.1, 0.15) is 49.3 Å². The largest absolute Gasteiger partial charge is 0.326 e. The van der Waals surface area contributed by atoms with E-state index < -0.39 is 0 Å². The molecule has 142 valence electrons. The molecule has 0 bridgehead atoms. The van der Waals surface area contributed by atoms with Gasteiger partial charge in [-0.25, -0.2) is 0 Å².